The summed E-state index contributed by atoms with van der Waals surface area (Å²) in [5, 5.41) is 14.0. The van der Waals surface area contributed by atoms with E-state index in [1.54, 1.807) is 6.08 Å². The molecule has 0 heterocycles. The van der Waals surface area contributed by atoms with Crippen LogP contribution in [-0.4, -0.2) is 73.4 Å². The van der Waals surface area contributed by atoms with Crippen molar-refractivity contribution in [3.8, 4) is 0 Å². The molecule has 0 aliphatic carbocycles. The number of likely N-dealkylation sites (N-methyl/N-ethyl adjacent to an activating group) is 1. The zero-order valence-electron chi connectivity index (χ0n) is 51.8. The minimum Gasteiger partial charge on any atom is -0.387 e. The van der Waals surface area contributed by atoms with Crippen molar-refractivity contribution in [2.75, 3.05) is 40.9 Å². The Morgan fingerprint density at radius 3 is 1.05 bits per heavy atom. The largest absolute Gasteiger partial charge is 0.472 e. The van der Waals surface area contributed by atoms with Crippen LogP contribution in [0.2, 0.25) is 0 Å². The zero-order valence-corrected chi connectivity index (χ0v) is 52.7. The number of aliphatic hydroxyl groups excluding tert-OH is 1. The second kappa shape index (κ2) is 58.6. The number of phosphoric ester groups is 1. The summed E-state index contributed by atoms with van der Waals surface area (Å²) in [5.74, 6) is -0.178. The van der Waals surface area contributed by atoms with Crippen molar-refractivity contribution < 1.29 is 32.9 Å². The first-order chi connectivity index (χ1) is 37.0. The van der Waals surface area contributed by atoms with E-state index >= 15 is 0 Å². The summed E-state index contributed by atoms with van der Waals surface area (Å²) in [7, 11) is 1.57. The highest BCUT2D eigenvalue weighted by molar-refractivity contribution is 7.47. The number of aliphatic hydroxyl groups is 1. The summed E-state index contributed by atoms with van der Waals surface area (Å²) in [6.45, 7) is 4.86. The van der Waals surface area contributed by atoms with Crippen LogP contribution < -0.4 is 5.32 Å². The normalized spacial score (nSPS) is 13.8. The Bertz CT molecular complexity index is 1290. The van der Waals surface area contributed by atoms with Crippen LogP contribution in [0.5, 0.6) is 0 Å². The summed E-state index contributed by atoms with van der Waals surface area (Å²) in [6, 6.07) is -0.861. The van der Waals surface area contributed by atoms with E-state index < -0.39 is 20.0 Å². The lowest BCUT2D eigenvalue weighted by Gasteiger charge is -2.25. The summed E-state index contributed by atoms with van der Waals surface area (Å²) in [4.78, 5) is 23.4. The van der Waals surface area contributed by atoms with Crippen molar-refractivity contribution in [2.24, 2.45) is 0 Å². The first-order valence-corrected chi connectivity index (χ1v) is 35.2. The molecule has 3 N–H and O–H groups in total. The molecular weight excluding hydrogens is 960 g/mol. The van der Waals surface area contributed by atoms with Crippen molar-refractivity contribution in [2.45, 2.75) is 360 Å². The van der Waals surface area contributed by atoms with Crippen LogP contribution in [0.25, 0.3) is 0 Å². The molecule has 0 rings (SSSR count). The molecule has 0 saturated carbocycles. The molecule has 3 unspecified atom stereocenters. The predicted octanol–water partition coefficient (Wildman–Crippen LogP) is 21.1. The number of hydrogen-bond donors (Lipinski definition) is 3. The maximum atomic E-state index is 13.0. The van der Waals surface area contributed by atoms with E-state index in [-0.39, 0.29) is 19.1 Å². The predicted molar refractivity (Wildman–Crippen MR) is 332 cm³/mol. The molecule has 3 atom stereocenters. The maximum Gasteiger partial charge on any atom is 0.472 e. The number of allylic oxidation sites excluding steroid dienone is 3. The Morgan fingerprint density at radius 2 is 0.724 bits per heavy atom. The number of unbranched alkanes of at least 4 members (excludes halogenated alkanes) is 48. The Kier molecular flexibility index (Phi) is 57.8. The van der Waals surface area contributed by atoms with Crippen molar-refractivity contribution in [3.63, 3.8) is 0 Å². The van der Waals surface area contributed by atoms with Gasteiger partial charge in [-0.2, -0.15) is 0 Å². The van der Waals surface area contributed by atoms with Gasteiger partial charge in [0.25, 0.3) is 0 Å². The Hall–Kier alpha value is -1.02. The lowest BCUT2D eigenvalue weighted by molar-refractivity contribution is -0.870. The van der Waals surface area contributed by atoms with Gasteiger partial charge in [-0.3, -0.25) is 13.8 Å². The number of amides is 1. The summed E-state index contributed by atoms with van der Waals surface area (Å²) < 4.78 is 23.8. The molecule has 9 heteroatoms. The number of carbonyl (C=O) groups is 1. The molecule has 0 aromatic rings. The fourth-order valence-corrected chi connectivity index (χ4v) is 11.2. The minimum atomic E-state index is -4.36. The lowest BCUT2D eigenvalue weighted by atomic mass is 10.0. The number of nitrogens with zero attached hydrogens (tertiary/aromatic N) is 1. The molecule has 0 bridgehead atoms. The van der Waals surface area contributed by atoms with Crippen LogP contribution in [0, 0.1) is 0 Å². The molecule has 0 spiro atoms. The van der Waals surface area contributed by atoms with E-state index in [1.807, 2.05) is 27.2 Å². The van der Waals surface area contributed by atoms with E-state index in [0.29, 0.717) is 17.4 Å². The van der Waals surface area contributed by atoms with Gasteiger partial charge < -0.3 is 19.8 Å². The van der Waals surface area contributed by atoms with E-state index in [0.717, 1.165) is 38.5 Å². The lowest BCUT2D eigenvalue weighted by Crippen LogP contribution is -2.45. The van der Waals surface area contributed by atoms with Gasteiger partial charge in [-0.05, 0) is 32.1 Å². The Labute approximate surface area is 474 Å². The van der Waals surface area contributed by atoms with Gasteiger partial charge in [0.15, 0.2) is 0 Å². The van der Waals surface area contributed by atoms with Gasteiger partial charge in [-0.15, -0.1) is 0 Å². The molecule has 452 valence electrons. The van der Waals surface area contributed by atoms with Crippen LogP contribution in [-0.2, 0) is 18.4 Å². The van der Waals surface area contributed by atoms with E-state index in [1.165, 1.54) is 289 Å². The van der Waals surface area contributed by atoms with Crippen molar-refractivity contribution in [1.29, 1.82) is 0 Å². The molecular formula is C67H134N2O6P+. The van der Waals surface area contributed by atoms with Gasteiger partial charge in [0, 0.05) is 6.42 Å². The standard InChI is InChI=1S/C67H133N2O6P/c1-6-8-10-12-14-16-18-20-22-24-26-28-30-32-33-34-35-36-37-38-40-42-44-46-48-50-52-54-56-58-60-66(70)65(64-75-76(72,73)74-63-62-69(3,4)5)68-67(71)61-59-57-55-53-51-49-47-45-43-41-39-31-29-27-25-23-21-19-17-15-13-11-9-7-2/h50,52,58,60,65-66,70H,6-49,51,53-57,59,61-64H2,1-5H3,(H-,68,71,72,73)/p+1/b52-50+,60-58+. The van der Waals surface area contributed by atoms with Gasteiger partial charge in [-0.25, -0.2) is 4.57 Å². The van der Waals surface area contributed by atoms with E-state index in [2.05, 4.69) is 31.3 Å². The van der Waals surface area contributed by atoms with Crippen LogP contribution in [0.15, 0.2) is 24.3 Å². The van der Waals surface area contributed by atoms with Gasteiger partial charge in [-0.1, -0.05) is 334 Å². The van der Waals surface area contributed by atoms with Gasteiger partial charge in [0.05, 0.1) is 39.9 Å². The SMILES string of the molecule is CCCCCCCCCCCCCCCCCCCCCCCCCC/C=C/CC/C=C/C(O)C(COP(=O)(O)OCC[N+](C)(C)C)NC(=O)CCCCCCCCCCCCCCCCCCCCCCCCCC. The fourth-order valence-electron chi connectivity index (χ4n) is 10.4. The molecule has 8 nitrogen and oxygen atoms in total. The molecule has 0 radical (unpaired) electrons. The third-order valence-electron chi connectivity index (χ3n) is 15.7. The quantitative estimate of drug-likeness (QED) is 0.0243. The second-order valence-electron chi connectivity index (χ2n) is 24.6. The number of nitrogens with one attached hydrogen (secondary N) is 1. The number of hydrogen-bond acceptors (Lipinski definition) is 5. The fraction of sp³-hybridized carbons (Fsp3) is 0.925. The second-order valence-corrected chi connectivity index (χ2v) is 26.0. The molecule has 0 fully saturated rings. The van der Waals surface area contributed by atoms with Crippen LogP contribution in [0.4, 0.5) is 0 Å². The average Bonchev–Trinajstić information content (AvgIpc) is 3.38. The van der Waals surface area contributed by atoms with Gasteiger partial charge in [0.2, 0.25) is 5.91 Å². The van der Waals surface area contributed by atoms with E-state index in [9.17, 15) is 19.4 Å². The van der Waals surface area contributed by atoms with E-state index in [4.69, 9.17) is 9.05 Å². The van der Waals surface area contributed by atoms with Gasteiger partial charge in [0.1, 0.15) is 13.2 Å². The molecule has 0 saturated heterocycles. The molecule has 1 amide bonds. The van der Waals surface area contributed by atoms with Crippen molar-refractivity contribution in [1.82, 2.24) is 5.32 Å². The van der Waals surface area contributed by atoms with Gasteiger partial charge >= 0.3 is 7.82 Å². The molecule has 76 heavy (non-hydrogen) atoms. The van der Waals surface area contributed by atoms with Crippen LogP contribution in [0.3, 0.4) is 0 Å². The number of quaternary nitrogens is 1. The number of carbonyl (C=O) groups excluding carboxylic acids is 1. The number of rotatable bonds is 63. The highest BCUT2D eigenvalue weighted by Gasteiger charge is 2.28. The third-order valence-corrected chi connectivity index (χ3v) is 16.7. The monoisotopic (exact) mass is 1090 g/mol. The molecule has 0 aliphatic heterocycles. The number of phosphoric acid groups is 1. The highest BCUT2D eigenvalue weighted by atomic mass is 31.2. The first-order valence-electron chi connectivity index (χ1n) is 33.7. The summed E-state index contributed by atoms with van der Waals surface area (Å²) >= 11 is 0. The zero-order chi connectivity index (χ0) is 55.6. The summed E-state index contributed by atoms with van der Waals surface area (Å²) in [6.07, 6.45) is 76.1. The van der Waals surface area contributed by atoms with Crippen LogP contribution in [0.1, 0.15) is 348 Å². The molecule has 0 aliphatic rings. The smallest absolute Gasteiger partial charge is 0.387 e. The van der Waals surface area contributed by atoms with Crippen LogP contribution >= 0.6 is 7.82 Å². The maximum absolute atomic E-state index is 13.0. The first kappa shape index (κ1) is 75.0. The summed E-state index contributed by atoms with van der Waals surface area (Å²) in [5.41, 5.74) is 0. The molecule has 0 aromatic heterocycles. The Morgan fingerprint density at radius 1 is 0.434 bits per heavy atom. The topological polar surface area (TPSA) is 105 Å². The average molecular weight is 1090 g/mol. The minimum absolute atomic E-state index is 0.0590. The van der Waals surface area contributed by atoms with Crippen molar-refractivity contribution >= 4 is 13.7 Å². The molecule has 0 aromatic carbocycles. The Balaban J connectivity index is 4.10. The highest BCUT2D eigenvalue weighted by Crippen LogP contribution is 2.43. The third kappa shape index (κ3) is 60.6. The van der Waals surface area contributed by atoms with Crippen molar-refractivity contribution in [3.05, 3.63) is 24.3 Å².